The number of hydrogen-bond acceptors (Lipinski definition) is 6. The predicted octanol–water partition coefficient (Wildman–Crippen LogP) is 0.0438. The number of hydrazine groups is 1. The molecule has 82 valence electrons. The average molecular weight is 226 g/mol. The normalized spacial score (nSPS) is 17.7. The minimum Gasteiger partial charge on any atom is -0.314 e. The fraction of sp³-hybridized carbons (Fsp3) is 0.556. The molecule has 6 heteroatoms. The molecular formula is C9H14N4OS. The molecule has 0 saturated carbocycles. The van der Waals surface area contributed by atoms with Crippen LogP contribution in [0.2, 0.25) is 0 Å². The van der Waals surface area contributed by atoms with E-state index in [2.05, 4.69) is 15.7 Å². The third-order valence-electron chi connectivity index (χ3n) is 2.20. The number of anilines is 1. The zero-order valence-electron chi connectivity index (χ0n) is 8.62. The highest BCUT2D eigenvalue weighted by Crippen LogP contribution is 2.03. The van der Waals surface area contributed by atoms with Crippen LogP contribution in [0, 0.1) is 6.92 Å². The van der Waals surface area contributed by atoms with E-state index in [9.17, 15) is 4.79 Å². The SMILES string of the molecule is Cc1csc(=O)c(NN2CCNCC2)n1. The van der Waals surface area contributed by atoms with Crippen molar-refractivity contribution in [2.24, 2.45) is 0 Å². The molecular weight excluding hydrogens is 212 g/mol. The average Bonchev–Trinajstić information content (AvgIpc) is 2.25. The topological polar surface area (TPSA) is 57.3 Å². The molecule has 0 spiro atoms. The van der Waals surface area contributed by atoms with E-state index in [0.29, 0.717) is 5.82 Å². The van der Waals surface area contributed by atoms with Gasteiger partial charge in [0.25, 0.3) is 4.74 Å². The van der Waals surface area contributed by atoms with Gasteiger partial charge >= 0.3 is 0 Å². The van der Waals surface area contributed by atoms with E-state index < -0.39 is 0 Å². The number of nitrogens with zero attached hydrogens (tertiary/aromatic N) is 2. The summed E-state index contributed by atoms with van der Waals surface area (Å²) in [5, 5.41) is 7.04. The van der Waals surface area contributed by atoms with Gasteiger partial charge in [-0.25, -0.2) is 9.99 Å². The minimum absolute atomic E-state index is 0.0147. The van der Waals surface area contributed by atoms with E-state index in [-0.39, 0.29) is 4.74 Å². The second kappa shape index (κ2) is 4.69. The summed E-state index contributed by atoms with van der Waals surface area (Å²) in [5.41, 5.74) is 3.94. The molecule has 0 aliphatic carbocycles. The summed E-state index contributed by atoms with van der Waals surface area (Å²) in [6.45, 7) is 5.55. The monoisotopic (exact) mass is 226 g/mol. The van der Waals surface area contributed by atoms with Gasteiger partial charge in [0.05, 0.1) is 0 Å². The van der Waals surface area contributed by atoms with Gasteiger partial charge in [-0.2, -0.15) is 0 Å². The van der Waals surface area contributed by atoms with E-state index in [1.807, 2.05) is 11.9 Å². The van der Waals surface area contributed by atoms with E-state index in [0.717, 1.165) is 31.9 Å². The summed E-state index contributed by atoms with van der Waals surface area (Å²) in [7, 11) is 0. The number of rotatable bonds is 2. The molecule has 0 atom stereocenters. The van der Waals surface area contributed by atoms with Gasteiger partial charge in [0.1, 0.15) is 0 Å². The summed E-state index contributed by atoms with van der Waals surface area (Å²) in [6, 6.07) is 0. The van der Waals surface area contributed by atoms with Crippen molar-refractivity contribution in [3.05, 3.63) is 20.6 Å². The predicted molar refractivity (Wildman–Crippen MR) is 61.2 cm³/mol. The van der Waals surface area contributed by atoms with Crippen molar-refractivity contribution in [1.29, 1.82) is 0 Å². The van der Waals surface area contributed by atoms with Crippen LogP contribution in [0.1, 0.15) is 5.69 Å². The smallest absolute Gasteiger partial charge is 0.276 e. The molecule has 0 amide bonds. The molecule has 1 aromatic heterocycles. The van der Waals surface area contributed by atoms with E-state index in [4.69, 9.17) is 0 Å². The van der Waals surface area contributed by atoms with Crippen molar-refractivity contribution >= 4 is 17.2 Å². The standard InChI is InChI=1S/C9H14N4OS/c1-7-6-15-9(14)8(11-7)12-13-4-2-10-3-5-13/h6,10H,2-5H2,1H3,(H,11,12). The highest BCUT2D eigenvalue weighted by atomic mass is 32.1. The van der Waals surface area contributed by atoms with Crippen LogP contribution in [0.25, 0.3) is 0 Å². The van der Waals surface area contributed by atoms with Crippen LogP contribution in [0.4, 0.5) is 5.82 Å². The van der Waals surface area contributed by atoms with E-state index >= 15 is 0 Å². The second-order valence-corrected chi connectivity index (χ2v) is 4.32. The Balaban J connectivity index is 2.09. The number of hydrogen-bond donors (Lipinski definition) is 2. The van der Waals surface area contributed by atoms with E-state index in [1.165, 1.54) is 11.3 Å². The van der Waals surface area contributed by atoms with Gasteiger partial charge in [-0.05, 0) is 6.92 Å². The molecule has 1 fully saturated rings. The first-order valence-corrected chi connectivity index (χ1v) is 5.82. The fourth-order valence-electron chi connectivity index (χ4n) is 1.44. The molecule has 2 N–H and O–H groups in total. The zero-order chi connectivity index (χ0) is 10.7. The van der Waals surface area contributed by atoms with Crippen LogP contribution in [0.15, 0.2) is 10.2 Å². The molecule has 1 saturated heterocycles. The zero-order valence-corrected chi connectivity index (χ0v) is 9.43. The minimum atomic E-state index is -0.0147. The Morgan fingerprint density at radius 3 is 3.00 bits per heavy atom. The Hall–Kier alpha value is -0.980. The van der Waals surface area contributed by atoms with Crippen LogP contribution in [0.5, 0.6) is 0 Å². The van der Waals surface area contributed by atoms with Gasteiger partial charge < -0.3 is 5.32 Å². The van der Waals surface area contributed by atoms with Crippen LogP contribution in [0.3, 0.4) is 0 Å². The third kappa shape index (κ3) is 2.74. The Morgan fingerprint density at radius 2 is 2.27 bits per heavy atom. The maximum Gasteiger partial charge on any atom is 0.276 e. The van der Waals surface area contributed by atoms with Crippen molar-refractivity contribution in [2.75, 3.05) is 31.6 Å². The Labute approximate surface area is 92.1 Å². The van der Waals surface area contributed by atoms with Crippen LogP contribution >= 0.6 is 11.3 Å². The number of aromatic nitrogens is 1. The first-order chi connectivity index (χ1) is 7.25. The largest absolute Gasteiger partial charge is 0.314 e. The van der Waals surface area contributed by atoms with Gasteiger partial charge in [-0.1, -0.05) is 11.3 Å². The van der Waals surface area contributed by atoms with Crippen molar-refractivity contribution in [1.82, 2.24) is 15.3 Å². The lowest BCUT2D eigenvalue weighted by atomic mass is 10.4. The molecule has 1 aromatic rings. The number of piperazine rings is 1. The van der Waals surface area contributed by atoms with E-state index in [1.54, 1.807) is 5.38 Å². The lowest BCUT2D eigenvalue weighted by Gasteiger charge is -2.27. The van der Waals surface area contributed by atoms with Gasteiger partial charge in [-0.15, -0.1) is 0 Å². The third-order valence-corrected chi connectivity index (χ3v) is 3.07. The maximum absolute atomic E-state index is 11.5. The van der Waals surface area contributed by atoms with Gasteiger partial charge in [-0.3, -0.25) is 10.2 Å². The maximum atomic E-state index is 11.5. The summed E-state index contributed by atoms with van der Waals surface area (Å²) in [6.07, 6.45) is 0. The summed E-state index contributed by atoms with van der Waals surface area (Å²) in [4.78, 5) is 15.7. The number of nitrogens with one attached hydrogen (secondary N) is 2. The van der Waals surface area contributed by atoms with Gasteiger partial charge in [0.2, 0.25) is 0 Å². The van der Waals surface area contributed by atoms with Crippen molar-refractivity contribution < 1.29 is 0 Å². The molecule has 1 aliphatic rings. The lowest BCUT2D eigenvalue weighted by molar-refractivity contribution is 0.286. The van der Waals surface area contributed by atoms with Crippen LogP contribution in [-0.2, 0) is 0 Å². The first-order valence-electron chi connectivity index (χ1n) is 4.94. The Bertz CT molecular complexity index is 386. The highest BCUT2D eigenvalue weighted by Gasteiger charge is 2.11. The fourth-order valence-corrected chi connectivity index (χ4v) is 1.97. The van der Waals surface area contributed by atoms with Gasteiger partial charge in [0, 0.05) is 37.3 Å². The highest BCUT2D eigenvalue weighted by molar-refractivity contribution is 7.07. The molecule has 5 nitrogen and oxygen atoms in total. The number of aryl methyl sites for hydroxylation is 1. The molecule has 2 heterocycles. The Kier molecular flexibility index (Phi) is 3.30. The molecule has 0 unspecified atom stereocenters. The van der Waals surface area contributed by atoms with Crippen LogP contribution in [-0.4, -0.2) is 36.2 Å². The molecule has 0 radical (unpaired) electrons. The van der Waals surface area contributed by atoms with Crippen LogP contribution < -0.4 is 15.5 Å². The summed E-state index contributed by atoms with van der Waals surface area (Å²) >= 11 is 1.19. The van der Waals surface area contributed by atoms with Crippen molar-refractivity contribution in [3.8, 4) is 0 Å². The summed E-state index contributed by atoms with van der Waals surface area (Å²) < 4.78 is -0.0147. The summed E-state index contributed by atoms with van der Waals surface area (Å²) in [5.74, 6) is 0.446. The van der Waals surface area contributed by atoms with Crippen molar-refractivity contribution in [2.45, 2.75) is 6.92 Å². The second-order valence-electron chi connectivity index (χ2n) is 3.47. The molecule has 0 aromatic carbocycles. The molecule has 0 bridgehead atoms. The van der Waals surface area contributed by atoms with Gasteiger partial charge in [0.15, 0.2) is 5.82 Å². The van der Waals surface area contributed by atoms with Crippen molar-refractivity contribution in [3.63, 3.8) is 0 Å². The lowest BCUT2D eigenvalue weighted by Crippen LogP contribution is -2.47. The quantitative estimate of drug-likeness (QED) is 0.746. The first kappa shape index (κ1) is 10.5. The molecule has 15 heavy (non-hydrogen) atoms. The molecule has 1 aliphatic heterocycles. The Morgan fingerprint density at radius 1 is 1.53 bits per heavy atom. The molecule has 2 rings (SSSR count).